The van der Waals surface area contributed by atoms with Gasteiger partial charge in [0.25, 0.3) is 0 Å². The number of nitrogens with zero attached hydrogens (tertiary/aromatic N) is 1. The van der Waals surface area contributed by atoms with Gasteiger partial charge in [-0.2, -0.15) is 0 Å². The van der Waals surface area contributed by atoms with E-state index in [-0.39, 0.29) is 0 Å². The molecule has 1 N–H and O–H groups in total. The molecule has 3 nitrogen and oxygen atoms in total. The molecule has 2 heterocycles. The predicted molar refractivity (Wildman–Crippen MR) is 68.5 cm³/mol. The van der Waals surface area contributed by atoms with Crippen molar-refractivity contribution in [2.45, 2.75) is 12.5 Å². The molecular weight excluding hydrogens is 232 g/mol. The molecule has 0 bridgehead atoms. The van der Waals surface area contributed by atoms with Gasteiger partial charge in [-0.15, -0.1) is 11.3 Å². The van der Waals surface area contributed by atoms with Crippen LogP contribution in [0.5, 0.6) is 5.75 Å². The summed E-state index contributed by atoms with van der Waals surface area (Å²) in [5, 5.41) is 3.46. The highest BCUT2D eigenvalue weighted by atomic mass is 32.1. The number of benzene rings is 1. The number of fused-ring (bicyclic) bond motifs is 1. The second-order valence-electron chi connectivity index (χ2n) is 4.14. The Bertz CT molecular complexity index is 484. The van der Waals surface area contributed by atoms with Crippen molar-refractivity contribution < 1.29 is 4.74 Å². The first kappa shape index (κ1) is 10.7. The highest BCUT2D eigenvalue weighted by molar-refractivity contribution is 7.09. The quantitative estimate of drug-likeness (QED) is 0.899. The van der Waals surface area contributed by atoms with Gasteiger partial charge in [-0.05, 0) is 6.07 Å². The van der Waals surface area contributed by atoms with E-state index < -0.39 is 0 Å². The fourth-order valence-corrected chi connectivity index (χ4v) is 2.66. The molecule has 0 saturated heterocycles. The first-order valence-corrected chi connectivity index (χ1v) is 6.61. The van der Waals surface area contributed by atoms with E-state index in [2.05, 4.69) is 22.4 Å². The maximum Gasteiger partial charge on any atom is 0.122 e. The minimum absolute atomic E-state index is 0.471. The van der Waals surface area contributed by atoms with Gasteiger partial charge in [-0.1, -0.05) is 18.2 Å². The lowest BCUT2D eigenvalue weighted by Gasteiger charge is -2.09. The Morgan fingerprint density at radius 1 is 1.41 bits per heavy atom. The minimum Gasteiger partial charge on any atom is -0.493 e. The van der Waals surface area contributed by atoms with Crippen LogP contribution in [0, 0.1) is 0 Å². The number of thiazole rings is 1. The van der Waals surface area contributed by atoms with Crippen molar-refractivity contribution in [1.82, 2.24) is 10.3 Å². The largest absolute Gasteiger partial charge is 0.493 e. The van der Waals surface area contributed by atoms with Gasteiger partial charge in [0.15, 0.2) is 0 Å². The standard InChI is InChI=1S/C13H14N2OS/c1-2-4-13-12(3-1)10(8-16-13)5-14-6-11-7-15-9-17-11/h1-4,7,9-10,14H,5-6,8H2. The summed E-state index contributed by atoms with van der Waals surface area (Å²) >= 11 is 1.69. The third-order valence-electron chi connectivity index (χ3n) is 2.97. The molecule has 0 saturated carbocycles. The number of para-hydroxylation sites is 1. The lowest BCUT2D eigenvalue weighted by atomic mass is 10.0. The van der Waals surface area contributed by atoms with Crippen LogP contribution in [0.1, 0.15) is 16.4 Å². The summed E-state index contributed by atoms with van der Waals surface area (Å²) in [6, 6.07) is 8.29. The molecule has 0 aliphatic carbocycles. The Kier molecular flexibility index (Phi) is 3.07. The third-order valence-corrected chi connectivity index (χ3v) is 3.75. The van der Waals surface area contributed by atoms with E-state index in [1.165, 1.54) is 10.4 Å². The molecule has 1 atom stereocenters. The van der Waals surface area contributed by atoms with E-state index in [0.29, 0.717) is 5.92 Å². The van der Waals surface area contributed by atoms with Crippen molar-refractivity contribution in [3.05, 3.63) is 46.4 Å². The molecule has 0 fully saturated rings. The van der Waals surface area contributed by atoms with E-state index >= 15 is 0 Å². The van der Waals surface area contributed by atoms with Crippen LogP contribution in [0.25, 0.3) is 0 Å². The highest BCUT2D eigenvalue weighted by Gasteiger charge is 2.22. The highest BCUT2D eigenvalue weighted by Crippen LogP contribution is 2.32. The normalized spacial score (nSPS) is 17.8. The fraction of sp³-hybridized carbons (Fsp3) is 0.308. The monoisotopic (exact) mass is 246 g/mol. The molecule has 2 aromatic rings. The molecule has 0 amide bonds. The SMILES string of the molecule is c1ccc2c(c1)OCC2CNCc1cncs1. The van der Waals surface area contributed by atoms with Gasteiger partial charge in [-0.25, -0.2) is 0 Å². The Labute approximate surface area is 104 Å². The van der Waals surface area contributed by atoms with Crippen LogP contribution in [-0.2, 0) is 6.54 Å². The Morgan fingerprint density at radius 2 is 2.35 bits per heavy atom. The van der Waals surface area contributed by atoms with Crippen molar-refractivity contribution in [3.63, 3.8) is 0 Å². The average molecular weight is 246 g/mol. The lowest BCUT2D eigenvalue weighted by molar-refractivity contribution is 0.326. The van der Waals surface area contributed by atoms with Gasteiger partial charge in [-0.3, -0.25) is 4.98 Å². The van der Waals surface area contributed by atoms with Crippen LogP contribution in [0.2, 0.25) is 0 Å². The molecule has 1 aliphatic heterocycles. The Hall–Kier alpha value is -1.39. The average Bonchev–Trinajstić information content (AvgIpc) is 2.99. The second kappa shape index (κ2) is 4.85. The molecule has 1 aliphatic rings. The maximum absolute atomic E-state index is 5.65. The fourth-order valence-electron chi connectivity index (χ4n) is 2.10. The molecule has 0 radical (unpaired) electrons. The summed E-state index contributed by atoms with van der Waals surface area (Å²) in [4.78, 5) is 5.34. The summed E-state index contributed by atoms with van der Waals surface area (Å²) in [5.41, 5.74) is 3.19. The van der Waals surface area contributed by atoms with Crippen molar-refractivity contribution >= 4 is 11.3 Å². The van der Waals surface area contributed by atoms with Crippen molar-refractivity contribution in [2.75, 3.05) is 13.2 Å². The van der Waals surface area contributed by atoms with E-state index in [4.69, 9.17) is 4.74 Å². The topological polar surface area (TPSA) is 34.1 Å². The van der Waals surface area contributed by atoms with Crippen LogP contribution >= 0.6 is 11.3 Å². The molecule has 88 valence electrons. The van der Waals surface area contributed by atoms with Gasteiger partial charge in [0, 0.05) is 35.6 Å². The zero-order valence-electron chi connectivity index (χ0n) is 9.43. The van der Waals surface area contributed by atoms with E-state index in [0.717, 1.165) is 25.4 Å². The zero-order valence-corrected chi connectivity index (χ0v) is 10.2. The molecule has 1 aromatic carbocycles. The Morgan fingerprint density at radius 3 is 3.24 bits per heavy atom. The first-order chi connectivity index (χ1) is 8.43. The number of aromatic nitrogens is 1. The molecule has 1 aromatic heterocycles. The molecule has 3 rings (SSSR count). The van der Waals surface area contributed by atoms with E-state index in [9.17, 15) is 0 Å². The smallest absolute Gasteiger partial charge is 0.122 e. The van der Waals surface area contributed by atoms with Gasteiger partial charge in [0.05, 0.1) is 12.1 Å². The first-order valence-electron chi connectivity index (χ1n) is 5.73. The number of hydrogen-bond donors (Lipinski definition) is 1. The van der Waals surface area contributed by atoms with Crippen molar-refractivity contribution in [3.8, 4) is 5.75 Å². The molecular formula is C13H14N2OS. The van der Waals surface area contributed by atoms with E-state index in [1.807, 2.05) is 23.8 Å². The summed E-state index contributed by atoms with van der Waals surface area (Å²) in [7, 11) is 0. The zero-order chi connectivity index (χ0) is 11.5. The summed E-state index contributed by atoms with van der Waals surface area (Å²) < 4.78 is 5.65. The van der Waals surface area contributed by atoms with Crippen LogP contribution in [0.4, 0.5) is 0 Å². The van der Waals surface area contributed by atoms with Gasteiger partial charge in [0.1, 0.15) is 5.75 Å². The molecule has 0 spiro atoms. The number of rotatable bonds is 4. The molecule has 17 heavy (non-hydrogen) atoms. The van der Waals surface area contributed by atoms with Crippen molar-refractivity contribution in [1.29, 1.82) is 0 Å². The van der Waals surface area contributed by atoms with Gasteiger partial charge < -0.3 is 10.1 Å². The maximum atomic E-state index is 5.65. The number of ether oxygens (including phenoxy) is 1. The lowest BCUT2D eigenvalue weighted by Crippen LogP contribution is -2.21. The van der Waals surface area contributed by atoms with Crippen LogP contribution in [0.15, 0.2) is 36.0 Å². The van der Waals surface area contributed by atoms with Gasteiger partial charge >= 0.3 is 0 Å². The number of nitrogens with one attached hydrogen (secondary N) is 1. The Balaban J connectivity index is 1.57. The molecule has 4 heteroatoms. The minimum atomic E-state index is 0.471. The second-order valence-corrected chi connectivity index (χ2v) is 5.12. The summed E-state index contributed by atoms with van der Waals surface area (Å²) in [6.07, 6.45) is 1.91. The number of hydrogen-bond acceptors (Lipinski definition) is 4. The summed E-state index contributed by atoms with van der Waals surface area (Å²) in [5.74, 6) is 1.51. The van der Waals surface area contributed by atoms with E-state index in [1.54, 1.807) is 11.3 Å². The molecule has 1 unspecified atom stereocenters. The van der Waals surface area contributed by atoms with Crippen molar-refractivity contribution in [2.24, 2.45) is 0 Å². The van der Waals surface area contributed by atoms with Crippen LogP contribution in [0.3, 0.4) is 0 Å². The van der Waals surface area contributed by atoms with Crippen LogP contribution < -0.4 is 10.1 Å². The van der Waals surface area contributed by atoms with Gasteiger partial charge in [0.2, 0.25) is 0 Å². The third kappa shape index (κ3) is 2.33. The summed E-state index contributed by atoms with van der Waals surface area (Å²) in [6.45, 7) is 2.63. The predicted octanol–water partition coefficient (Wildman–Crippen LogP) is 2.41. The van der Waals surface area contributed by atoms with Crippen LogP contribution in [-0.4, -0.2) is 18.1 Å².